The number of carboxylic acids is 1. The lowest BCUT2D eigenvalue weighted by Gasteiger charge is -2.22. The smallest absolute Gasteiger partial charge is 0.326 e. The van der Waals surface area contributed by atoms with Crippen LogP contribution in [0.25, 0.3) is 0 Å². The zero-order valence-corrected chi connectivity index (χ0v) is 9.19. The van der Waals surface area contributed by atoms with Gasteiger partial charge < -0.3 is 15.3 Å². The number of carbonyl (C=O) groups excluding carboxylic acids is 1. The van der Waals surface area contributed by atoms with Gasteiger partial charge in [0.1, 0.15) is 6.04 Å². The Bertz CT molecular complexity index is 253. The van der Waals surface area contributed by atoms with E-state index in [-0.39, 0.29) is 6.03 Å². The number of hydrogen-bond donors (Lipinski definition) is 2. The molecule has 0 aliphatic carbocycles. The molecule has 1 rings (SSSR count). The summed E-state index contributed by atoms with van der Waals surface area (Å²) in [6.45, 7) is 5.13. The highest BCUT2D eigenvalue weighted by Gasteiger charge is 2.33. The van der Waals surface area contributed by atoms with Crippen molar-refractivity contribution in [2.75, 3.05) is 13.1 Å². The van der Waals surface area contributed by atoms with Crippen molar-refractivity contribution in [3.05, 3.63) is 0 Å². The standard InChI is InChI=1S/C10H18N2O3/c1-7(2)6-11-10(15)12-5-3-4-8(12)9(13)14/h7-8H,3-6H2,1-2H3,(H,11,15)(H,13,14). The fourth-order valence-electron chi connectivity index (χ4n) is 1.66. The van der Waals surface area contributed by atoms with Crippen LogP contribution in [0.3, 0.4) is 0 Å². The van der Waals surface area contributed by atoms with Crippen LogP contribution in [-0.4, -0.2) is 41.1 Å². The van der Waals surface area contributed by atoms with Crippen LogP contribution in [0, 0.1) is 5.92 Å². The van der Waals surface area contributed by atoms with Gasteiger partial charge in [-0.15, -0.1) is 0 Å². The summed E-state index contributed by atoms with van der Waals surface area (Å²) < 4.78 is 0. The van der Waals surface area contributed by atoms with Crippen LogP contribution in [-0.2, 0) is 4.79 Å². The number of hydrogen-bond acceptors (Lipinski definition) is 2. The molecule has 86 valence electrons. The normalized spacial score (nSPS) is 20.7. The number of carboxylic acid groups (broad SMARTS) is 1. The molecule has 2 N–H and O–H groups in total. The third kappa shape index (κ3) is 3.11. The van der Waals surface area contributed by atoms with Crippen molar-refractivity contribution in [3.8, 4) is 0 Å². The molecule has 0 bridgehead atoms. The maximum atomic E-state index is 11.6. The van der Waals surface area contributed by atoms with Crippen molar-refractivity contribution in [2.45, 2.75) is 32.7 Å². The van der Waals surface area contributed by atoms with Gasteiger partial charge in [0.05, 0.1) is 0 Å². The molecule has 5 heteroatoms. The van der Waals surface area contributed by atoms with Crippen LogP contribution in [0.2, 0.25) is 0 Å². The molecular formula is C10H18N2O3. The molecule has 1 aliphatic rings. The minimum absolute atomic E-state index is 0.256. The summed E-state index contributed by atoms with van der Waals surface area (Å²) in [5.74, 6) is -0.535. The van der Waals surface area contributed by atoms with Gasteiger partial charge in [-0.2, -0.15) is 0 Å². The summed E-state index contributed by atoms with van der Waals surface area (Å²) in [6, 6.07) is -0.897. The first-order chi connectivity index (χ1) is 7.02. The minimum atomic E-state index is -0.910. The molecule has 1 unspecified atom stereocenters. The maximum Gasteiger partial charge on any atom is 0.326 e. The summed E-state index contributed by atoms with van der Waals surface area (Å²) in [6.07, 6.45) is 1.33. The Morgan fingerprint density at radius 3 is 2.73 bits per heavy atom. The summed E-state index contributed by atoms with van der Waals surface area (Å²) in [4.78, 5) is 23.9. The van der Waals surface area contributed by atoms with E-state index in [0.29, 0.717) is 25.4 Å². The number of urea groups is 1. The van der Waals surface area contributed by atoms with E-state index in [1.54, 1.807) is 0 Å². The van der Waals surface area contributed by atoms with Crippen molar-refractivity contribution in [3.63, 3.8) is 0 Å². The van der Waals surface area contributed by atoms with E-state index < -0.39 is 12.0 Å². The molecule has 0 aromatic heterocycles. The van der Waals surface area contributed by atoms with Crippen molar-refractivity contribution in [1.82, 2.24) is 10.2 Å². The van der Waals surface area contributed by atoms with Crippen molar-refractivity contribution >= 4 is 12.0 Å². The maximum absolute atomic E-state index is 11.6. The van der Waals surface area contributed by atoms with Gasteiger partial charge in [-0.3, -0.25) is 0 Å². The molecule has 0 radical (unpaired) electrons. The quantitative estimate of drug-likeness (QED) is 0.733. The summed E-state index contributed by atoms with van der Waals surface area (Å²) in [5.41, 5.74) is 0. The fourth-order valence-corrected chi connectivity index (χ4v) is 1.66. The molecule has 1 fully saturated rings. The second kappa shape index (κ2) is 5.00. The van der Waals surface area contributed by atoms with E-state index in [2.05, 4.69) is 5.32 Å². The van der Waals surface area contributed by atoms with E-state index >= 15 is 0 Å². The van der Waals surface area contributed by atoms with Crippen molar-refractivity contribution < 1.29 is 14.7 Å². The Labute approximate surface area is 89.4 Å². The van der Waals surface area contributed by atoms with Crippen LogP contribution in [0.4, 0.5) is 4.79 Å². The Morgan fingerprint density at radius 2 is 2.20 bits per heavy atom. The number of likely N-dealkylation sites (tertiary alicyclic amines) is 1. The number of aliphatic carboxylic acids is 1. The summed E-state index contributed by atoms with van der Waals surface area (Å²) >= 11 is 0. The van der Waals surface area contributed by atoms with Crippen LogP contribution >= 0.6 is 0 Å². The van der Waals surface area contributed by atoms with E-state index in [1.807, 2.05) is 13.8 Å². The van der Waals surface area contributed by atoms with Gasteiger partial charge in [0.25, 0.3) is 0 Å². The Kier molecular flexibility index (Phi) is 3.94. The van der Waals surface area contributed by atoms with E-state index in [1.165, 1.54) is 4.90 Å². The number of nitrogens with zero attached hydrogens (tertiary/aromatic N) is 1. The fraction of sp³-hybridized carbons (Fsp3) is 0.800. The Morgan fingerprint density at radius 1 is 1.53 bits per heavy atom. The molecule has 1 saturated heterocycles. The van der Waals surface area contributed by atoms with Gasteiger partial charge in [0.2, 0.25) is 0 Å². The van der Waals surface area contributed by atoms with Gasteiger partial charge in [0.15, 0.2) is 0 Å². The molecule has 0 aromatic rings. The SMILES string of the molecule is CC(C)CNC(=O)N1CCCC1C(=O)O. The molecule has 2 amide bonds. The predicted molar refractivity (Wildman–Crippen MR) is 55.6 cm³/mol. The van der Waals surface area contributed by atoms with Crippen LogP contribution in [0.5, 0.6) is 0 Å². The molecule has 0 aromatic carbocycles. The predicted octanol–water partition coefficient (Wildman–Crippen LogP) is 0.901. The van der Waals surface area contributed by atoms with Crippen molar-refractivity contribution in [1.29, 1.82) is 0 Å². The molecule has 15 heavy (non-hydrogen) atoms. The average molecular weight is 214 g/mol. The van der Waals surface area contributed by atoms with E-state index in [9.17, 15) is 9.59 Å². The van der Waals surface area contributed by atoms with E-state index in [4.69, 9.17) is 5.11 Å². The first-order valence-corrected chi connectivity index (χ1v) is 5.29. The van der Waals surface area contributed by atoms with Gasteiger partial charge in [0, 0.05) is 13.1 Å². The first kappa shape index (κ1) is 11.8. The highest BCUT2D eigenvalue weighted by Crippen LogP contribution is 2.17. The second-order valence-electron chi connectivity index (χ2n) is 4.27. The molecule has 1 heterocycles. The Hall–Kier alpha value is -1.26. The van der Waals surface area contributed by atoms with Gasteiger partial charge in [-0.1, -0.05) is 13.8 Å². The molecule has 0 saturated carbocycles. The highest BCUT2D eigenvalue weighted by atomic mass is 16.4. The van der Waals surface area contributed by atoms with Gasteiger partial charge in [-0.25, -0.2) is 9.59 Å². The number of carbonyl (C=O) groups is 2. The van der Waals surface area contributed by atoms with Crippen LogP contribution in [0.1, 0.15) is 26.7 Å². The highest BCUT2D eigenvalue weighted by molar-refractivity contribution is 5.83. The topological polar surface area (TPSA) is 69.6 Å². The Balaban J connectivity index is 2.47. The zero-order chi connectivity index (χ0) is 11.4. The van der Waals surface area contributed by atoms with Crippen LogP contribution in [0.15, 0.2) is 0 Å². The number of rotatable bonds is 3. The average Bonchev–Trinajstić information content (AvgIpc) is 2.62. The molecule has 1 aliphatic heterocycles. The largest absolute Gasteiger partial charge is 0.480 e. The lowest BCUT2D eigenvalue weighted by molar-refractivity contribution is -0.141. The molecule has 5 nitrogen and oxygen atoms in total. The minimum Gasteiger partial charge on any atom is -0.480 e. The zero-order valence-electron chi connectivity index (χ0n) is 9.19. The van der Waals surface area contributed by atoms with E-state index in [0.717, 1.165) is 6.42 Å². The molecule has 0 spiro atoms. The van der Waals surface area contributed by atoms with Gasteiger partial charge in [-0.05, 0) is 18.8 Å². The second-order valence-corrected chi connectivity index (χ2v) is 4.27. The monoisotopic (exact) mass is 214 g/mol. The summed E-state index contributed by atoms with van der Waals surface area (Å²) in [5, 5.41) is 11.6. The lowest BCUT2D eigenvalue weighted by Crippen LogP contribution is -2.46. The molecule has 1 atom stereocenters. The summed E-state index contributed by atoms with van der Waals surface area (Å²) in [7, 11) is 0. The number of nitrogens with one attached hydrogen (secondary N) is 1. The third-order valence-corrected chi connectivity index (χ3v) is 2.46. The van der Waals surface area contributed by atoms with Crippen LogP contribution < -0.4 is 5.32 Å². The molecular weight excluding hydrogens is 196 g/mol. The lowest BCUT2D eigenvalue weighted by atomic mass is 10.2. The number of amides is 2. The third-order valence-electron chi connectivity index (χ3n) is 2.46. The van der Waals surface area contributed by atoms with Crippen molar-refractivity contribution in [2.24, 2.45) is 5.92 Å². The van der Waals surface area contributed by atoms with Gasteiger partial charge >= 0.3 is 12.0 Å². The first-order valence-electron chi connectivity index (χ1n) is 5.29.